The summed E-state index contributed by atoms with van der Waals surface area (Å²) in [6, 6.07) is 7.62. The van der Waals surface area contributed by atoms with E-state index < -0.39 is 17.6 Å². The summed E-state index contributed by atoms with van der Waals surface area (Å²) in [5, 5.41) is 0. The van der Waals surface area contributed by atoms with Gasteiger partial charge in [0.1, 0.15) is 18.2 Å². The predicted octanol–water partition coefficient (Wildman–Crippen LogP) is 6.39. The quantitative estimate of drug-likeness (QED) is 0.495. The van der Waals surface area contributed by atoms with E-state index in [2.05, 4.69) is 0 Å². The molecule has 2 aromatic carbocycles. The Kier molecular flexibility index (Phi) is 6.72. The van der Waals surface area contributed by atoms with Crippen molar-refractivity contribution in [2.45, 2.75) is 57.7 Å². The number of carbonyl (C=O) groups is 1. The number of benzene rings is 2. The van der Waals surface area contributed by atoms with Crippen molar-refractivity contribution in [2.24, 2.45) is 5.92 Å². The normalized spacial score (nSPS) is 17.8. The number of rotatable bonds is 5. The zero-order chi connectivity index (χ0) is 22.7. The van der Waals surface area contributed by atoms with Gasteiger partial charge in [-0.25, -0.2) is 4.39 Å². The maximum absolute atomic E-state index is 14.1. The van der Waals surface area contributed by atoms with Gasteiger partial charge in [-0.1, -0.05) is 25.3 Å². The Labute approximate surface area is 185 Å². The fourth-order valence-electron chi connectivity index (χ4n) is 4.66. The third kappa shape index (κ3) is 5.25. The molecule has 172 valence electrons. The molecule has 1 aliphatic carbocycles. The molecule has 32 heavy (non-hydrogen) atoms. The van der Waals surface area contributed by atoms with E-state index in [9.17, 15) is 22.4 Å². The van der Waals surface area contributed by atoms with Gasteiger partial charge < -0.3 is 9.64 Å². The molecule has 4 rings (SSSR count). The maximum Gasteiger partial charge on any atom is 0.416 e. The zero-order valence-electron chi connectivity index (χ0n) is 17.9. The monoisotopic (exact) mass is 449 g/mol. The molecule has 0 aromatic heterocycles. The third-order valence-electron chi connectivity index (χ3n) is 6.45. The number of fused-ring (bicyclic) bond motifs is 1. The number of ether oxygens (including phenoxy) is 1. The minimum atomic E-state index is -4.59. The van der Waals surface area contributed by atoms with E-state index in [0.29, 0.717) is 23.3 Å². The van der Waals surface area contributed by atoms with Crippen LogP contribution in [-0.4, -0.2) is 23.9 Å². The number of hydrogen-bond acceptors (Lipinski definition) is 2. The van der Waals surface area contributed by atoms with Gasteiger partial charge >= 0.3 is 6.18 Å². The van der Waals surface area contributed by atoms with Crippen molar-refractivity contribution in [1.82, 2.24) is 4.90 Å². The lowest BCUT2D eigenvalue weighted by molar-refractivity contribution is -0.137. The number of carbonyl (C=O) groups excluding carboxylic acids is 1. The molecule has 0 bridgehead atoms. The molecule has 0 atom stereocenters. The van der Waals surface area contributed by atoms with Crippen molar-refractivity contribution in [2.75, 3.05) is 13.1 Å². The van der Waals surface area contributed by atoms with E-state index in [0.717, 1.165) is 43.6 Å². The van der Waals surface area contributed by atoms with E-state index in [1.807, 2.05) is 4.90 Å². The van der Waals surface area contributed by atoms with Gasteiger partial charge in [0, 0.05) is 24.2 Å². The van der Waals surface area contributed by atoms with E-state index in [1.165, 1.54) is 32.1 Å². The Balaban J connectivity index is 1.43. The molecule has 7 heteroatoms. The highest BCUT2D eigenvalue weighted by atomic mass is 19.4. The molecule has 1 fully saturated rings. The van der Waals surface area contributed by atoms with Gasteiger partial charge in [-0.05, 0) is 67.5 Å². The van der Waals surface area contributed by atoms with Crippen LogP contribution in [-0.2, 0) is 19.2 Å². The Morgan fingerprint density at radius 3 is 2.50 bits per heavy atom. The molecular weight excluding hydrogens is 422 g/mol. The summed E-state index contributed by atoms with van der Waals surface area (Å²) < 4.78 is 57.8. The molecule has 1 amide bonds. The van der Waals surface area contributed by atoms with Crippen LogP contribution in [0.4, 0.5) is 17.6 Å². The standard InChI is InChI=1S/C25H27F4NO2/c26-23-14-20(25(27,28)29)9-8-19(23)16-32-21-10-11-22-18(13-21)7-4-12-30(24(22)31)15-17-5-2-1-3-6-17/h8-11,13-14,17H,1-7,12,15-16H2. The van der Waals surface area contributed by atoms with Crippen molar-refractivity contribution in [3.05, 3.63) is 64.5 Å². The Morgan fingerprint density at radius 2 is 1.78 bits per heavy atom. The lowest BCUT2D eigenvalue weighted by atomic mass is 9.89. The number of halogens is 4. The summed E-state index contributed by atoms with van der Waals surface area (Å²) in [4.78, 5) is 15.1. The van der Waals surface area contributed by atoms with Crippen LogP contribution in [0.25, 0.3) is 0 Å². The fraction of sp³-hybridized carbons (Fsp3) is 0.480. The second kappa shape index (κ2) is 9.51. The molecule has 0 saturated heterocycles. The topological polar surface area (TPSA) is 29.5 Å². The number of nitrogens with zero attached hydrogens (tertiary/aromatic N) is 1. The Hall–Kier alpha value is -2.57. The van der Waals surface area contributed by atoms with Crippen LogP contribution in [0.2, 0.25) is 0 Å². The van der Waals surface area contributed by atoms with Crippen molar-refractivity contribution in [3.63, 3.8) is 0 Å². The molecule has 1 aliphatic heterocycles. The van der Waals surface area contributed by atoms with Gasteiger partial charge in [0.25, 0.3) is 5.91 Å². The van der Waals surface area contributed by atoms with E-state index >= 15 is 0 Å². The van der Waals surface area contributed by atoms with Crippen molar-refractivity contribution in [1.29, 1.82) is 0 Å². The Bertz CT molecular complexity index is 967. The fourth-order valence-corrected chi connectivity index (χ4v) is 4.66. The first-order valence-electron chi connectivity index (χ1n) is 11.2. The number of alkyl halides is 3. The molecule has 2 aliphatic rings. The van der Waals surface area contributed by atoms with Crippen molar-refractivity contribution in [3.8, 4) is 5.75 Å². The lowest BCUT2D eigenvalue weighted by Gasteiger charge is -2.29. The third-order valence-corrected chi connectivity index (χ3v) is 6.45. The summed E-state index contributed by atoms with van der Waals surface area (Å²) >= 11 is 0. The van der Waals surface area contributed by atoms with Crippen LogP contribution in [0, 0.1) is 11.7 Å². The van der Waals surface area contributed by atoms with Crippen molar-refractivity contribution >= 4 is 5.91 Å². The molecule has 0 unspecified atom stereocenters. The smallest absolute Gasteiger partial charge is 0.416 e. The van der Waals surface area contributed by atoms with Crippen molar-refractivity contribution < 1.29 is 27.1 Å². The van der Waals surface area contributed by atoms with Gasteiger partial charge in [0.2, 0.25) is 0 Å². The average molecular weight is 449 g/mol. The first kappa shape index (κ1) is 22.6. The van der Waals surface area contributed by atoms with Gasteiger partial charge in [0.05, 0.1) is 5.56 Å². The summed E-state index contributed by atoms with van der Waals surface area (Å²) in [6.45, 7) is 1.35. The van der Waals surface area contributed by atoms with Crippen LogP contribution in [0.3, 0.4) is 0 Å². The first-order chi connectivity index (χ1) is 15.3. The van der Waals surface area contributed by atoms with Gasteiger partial charge in [-0.3, -0.25) is 4.79 Å². The molecule has 0 radical (unpaired) electrons. The molecule has 0 N–H and O–H groups in total. The molecule has 0 spiro atoms. The second-order valence-electron chi connectivity index (χ2n) is 8.77. The highest BCUT2D eigenvalue weighted by molar-refractivity contribution is 5.96. The van der Waals surface area contributed by atoms with Gasteiger partial charge in [-0.2, -0.15) is 13.2 Å². The maximum atomic E-state index is 14.1. The summed E-state index contributed by atoms with van der Waals surface area (Å²) in [7, 11) is 0. The minimum Gasteiger partial charge on any atom is -0.489 e. The molecule has 1 saturated carbocycles. The van der Waals surface area contributed by atoms with Crippen LogP contribution in [0.1, 0.15) is 65.6 Å². The molecular formula is C25H27F4NO2. The first-order valence-corrected chi connectivity index (χ1v) is 11.2. The van der Waals surface area contributed by atoms with E-state index in [1.54, 1.807) is 18.2 Å². The minimum absolute atomic E-state index is 0.0441. The lowest BCUT2D eigenvalue weighted by Crippen LogP contribution is -2.36. The van der Waals surface area contributed by atoms with Crippen LogP contribution in [0.5, 0.6) is 5.75 Å². The predicted molar refractivity (Wildman–Crippen MR) is 113 cm³/mol. The number of hydrogen-bond donors (Lipinski definition) is 0. The molecule has 1 heterocycles. The van der Waals surface area contributed by atoms with E-state index in [4.69, 9.17) is 4.74 Å². The molecule has 3 nitrogen and oxygen atoms in total. The second-order valence-corrected chi connectivity index (χ2v) is 8.77. The highest BCUT2D eigenvalue weighted by Gasteiger charge is 2.31. The van der Waals surface area contributed by atoms with Crippen LogP contribution < -0.4 is 4.74 Å². The average Bonchev–Trinajstić information content (AvgIpc) is 2.91. The van der Waals surface area contributed by atoms with Gasteiger partial charge in [0.15, 0.2) is 0 Å². The zero-order valence-corrected chi connectivity index (χ0v) is 17.9. The summed E-state index contributed by atoms with van der Waals surface area (Å²) in [5.74, 6) is 0.138. The summed E-state index contributed by atoms with van der Waals surface area (Å²) in [5.41, 5.74) is 0.584. The van der Waals surface area contributed by atoms with Crippen LogP contribution >= 0.6 is 0 Å². The van der Waals surface area contributed by atoms with Gasteiger partial charge in [-0.15, -0.1) is 0 Å². The highest BCUT2D eigenvalue weighted by Crippen LogP contribution is 2.31. The Morgan fingerprint density at radius 1 is 1.00 bits per heavy atom. The molecule has 2 aromatic rings. The van der Waals surface area contributed by atoms with E-state index in [-0.39, 0.29) is 18.1 Å². The largest absolute Gasteiger partial charge is 0.489 e. The summed E-state index contributed by atoms with van der Waals surface area (Å²) in [6.07, 6.45) is 3.15. The number of amides is 1. The SMILES string of the molecule is O=C1c2ccc(OCc3ccc(C(F)(F)F)cc3F)cc2CCCN1CC1CCCCC1. The van der Waals surface area contributed by atoms with Crippen LogP contribution in [0.15, 0.2) is 36.4 Å². The number of aryl methyl sites for hydroxylation is 1.